The highest BCUT2D eigenvalue weighted by molar-refractivity contribution is 7.90. The van der Waals surface area contributed by atoms with E-state index in [-0.39, 0.29) is 42.1 Å². The van der Waals surface area contributed by atoms with Crippen LogP contribution in [0, 0.1) is 5.92 Å². The number of sulfonamides is 1. The van der Waals surface area contributed by atoms with E-state index in [0.717, 1.165) is 24.1 Å². The summed E-state index contributed by atoms with van der Waals surface area (Å²) in [5.41, 5.74) is 0.704. The minimum Gasteiger partial charge on any atom is -0.465 e. The fraction of sp³-hybridized carbons (Fsp3) is 0.688. The largest absolute Gasteiger partial charge is 0.465 e. The summed E-state index contributed by atoms with van der Waals surface area (Å²) in [7, 11) is -3.20. The number of esters is 1. The Bertz CT molecular complexity index is 840. The Kier molecular flexibility index (Phi) is 4.52. The molecule has 142 valence electrons. The van der Waals surface area contributed by atoms with Gasteiger partial charge in [-0.1, -0.05) is 0 Å². The Morgan fingerprint density at radius 3 is 2.69 bits per heavy atom. The van der Waals surface area contributed by atoms with E-state index in [9.17, 15) is 18.0 Å². The minimum atomic E-state index is -3.20. The van der Waals surface area contributed by atoms with Crippen molar-refractivity contribution in [3.8, 4) is 0 Å². The predicted octanol–water partition coefficient (Wildman–Crippen LogP) is 1.10. The maximum atomic E-state index is 12.3. The molecule has 1 aliphatic heterocycles. The van der Waals surface area contributed by atoms with Crippen molar-refractivity contribution in [1.82, 2.24) is 9.29 Å². The Labute approximate surface area is 156 Å². The van der Waals surface area contributed by atoms with Crippen LogP contribution in [0.1, 0.15) is 42.7 Å². The zero-order chi connectivity index (χ0) is 18.5. The SMILES string of the molecule is CCOC(=O)[C@H]1CCc2sc(NC(=O)C3CN(S(=O)(=O)C4CC4)C3)nc21. The van der Waals surface area contributed by atoms with E-state index in [4.69, 9.17) is 4.74 Å². The van der Waals surface area contributed by atoms with E-state index in [1.807, 2.05) is 0 Å². The van der Waals surface area contributed by atoms with Gasteiger partial charge in [-0.2, -0.15) is 4.31 Å². The van der Waals surface area contributed by atoms with Crippen LogP contribution in [0.2, 0.25) is 0 Å². The fourth-order valence-electron chi connectivity index (χ4n) is 3.35. The van der Waals surface area contributed by atoms with Gasteiger partial charge < -0.3 is 10.1 Å². The number of fused-ring (bicyclic) bond motifs is 1. The van der Waals surface area contributed by atoms with Gasteiger partial charge in [0.1, 0.15) is 5.92 Å². The van der Waals surface area contributed by atoms with Gasteiger partial charge >= 0.3 is 5.97 Å². The van der Waals surface area contributed by atoms with Gasteiger partial charge in [0, 0.05) is 18.0 Å². The molecule has 1 atom stereocenters. The Balaban J connectivity index is 1.35. The van der Waals surface area contributed by atoms with Crippen LogP contribution >= 0.6 is 11.3 Å². The van der Waals surface area contributed by atoms with Gasteiger partial charge in [0.2, 0.25) is 15.9 Å². The van der Waals surface area contributed by atoms with E-state index in [1.54, 1.807) is 6.92 Å². The number of anilines is 1. The van der Waals surface area contributed by atoms with Crippen molar-refractivity contribution in [3.63, 3.8) is 0 Å². The third kappa shape index (κ3) is 3.14. The zero-order valence-electron chi connectivity index (χ0n) is 14.4. The van der Waals surface area contributed by atoms with Gasteiger partial charge in [0.05, 0.1) is 23.5 Å². The van der Waals surface area contributed by atoms with Crippen molar-refractivity contribution in [1.29, 1.82) is 0 Å². The molecule has 10 heteroatoms. The molecule has 2 aliphatic carbocycles. The van der Waals surface area contributed by atoms with Gasteiger partial charge in [-0.25, -0.2) is 13.4 Å². The fourth-order valence-corrected chi connectivity index (χ4v) is 6.32. The quantitative estimate of drug-likeness (QED) is 0.718. The van der Waals surface area contributed by atoms with Crippen molar-refractivity contribution in [2.24, 2.45) is 5.92 Å². The first-order valence-electron chi connectivity index (χ1n) is 8.86. The number of rotatable bonds is 6. The summed E-state index contributed by atoms with van der Waals surface area (Å²) in [5.74, 6) is -1.18. The van der Waals surface area contributed by atoms with Crippen LogP contribution in [-0.4, -0.2) is 54.5 Å². The van der Waals surface area contributed by atoms with Crippen LogP contribution in [0.3, 0.4) is 0 Å². The monoisotopic (exact) mass is 399 g/mol. The molecular formula is C16H21N3O5S2. The summed E-state index contributed by atoms with van der Waals surface area (Å²) in [5, 5.41) is 3.00. The van der Waals surface area contributed by atoms with Crippen molar-refractivity contribution in [2.45, 2.75) is 43.8 Å². The standard InChI is InChI=1S/C16H21N3O5S2/c1-2-24-15(21)11-5-6-12-13(11)17-16(25-12)18-14(20)9-7-19(8-9)26(22,23)10-3-4-10/h9-11H,2-8H2,1H3,(H,17,18,20)/t11-/m0/s1. The normalized spacial score (nSPS) is 23.3. The number of hydrogen-bond donors (Lipinski definition) is 1. The van der Waals surface area contributed by atoms with Crippen molar-refractivity contribution in [3.05, 3.63) is 10.6 Å². The number of aryl methyl sites for hydroxylation is 1. The first-order chi connectivity index (χ1) is 12.4. The number of thiazole rings is 1. The first-order valence-corrected chi connectivity index (χ1v) is 11.2. The molecule has 8 nitrogen and oxygen atoms in total. The molecule has 0 bridgehead atoms. The van der Waals surface area contributed by atoms with Gasteiger partial charge in [-0.15, -0.1) is 11.3 Å². The van der Waals surface area contributed by atoms with Gasteiger partial charge in [-0.05, 0) is 32.6 Å². The molecule has 0 unspecified atom stereocenters. The molecule has 2 fully saturated rings. The smallest absolute Gasteiger partial charge is 0.315 e. The average Bonchev–Trinajstić information content (AvgIpc) is 3.21. The molecule has 1 N–H and O–H groups in total. The summed E-state index contributed by atoms with van der Waals surface area (Å²) in [6.45, 7) is 2.58. The number of nitrogens with one attached hydrogen (secondary N) is 1. The lowest BCUT2D eigenvalue weighted by molar-refractivity contribution is -0.145. The molecule has 0 radical (unpaired) electrons. The summed E-state index contributed by atoms with van der Waals surface area (Å²) >= 11 is 1.38. The van der Waals surface area contributed by atoms with Crippen LogP contribution in [-0.2, 0) is 30.8 Å². The summed E-state index contributed by atoms with van der Waals surface area (Å²) in [6.07, 6.45) is 2.89. The van der Waals surface area contributed by atoms with E-state index in [2.05, 4.69) is 10.3 Å². The molecule has 1 amide bonds. The van der Waals surface area contributed by atoms with Crippen LogP contribution in [0.15, 0.2) is 0 Å². The van der Waals surface area contributed by atoms with Crippen molar-refractivity contribution < 1.29 is 22.7 Å². The number of aromatic nitrogens is 1. The molecule has 3 aliphatic rings. The lowest BCUT2D eigenvalue weighted by Crippen LogP contribution is -2.55. The highest BCUT2D eigenvalue weighted by Crippen LogP contribution is 2.39. The van der Waals surface area contributed by atoms with E-state index < -0.39 is 10.0 Å². The lowest BCUT2D eigenvalue weighted by Gasteiger charge is -2.36. The Morgan fingerprint density at radius 1 is 1.31 bits per heavy atom. The second-order valence-corrected chi connectivity index (χ2v) is 10.2. The number of carbonyl (C=O) groups is 2. The molecule has 0 spiro atoms. The van der Waals surface area contributed by atoms with Gasteiger partial charge in [-0.3, -0.25) is 9.59 Å². The number of nitrogens with zero attached hydrogens (tertiary/aromatic N) is 2. The van der Waals surface area contributed by atoms with Crippen molar-refractivity contribution >= 4 is 38.4 Å². The summed E-state index contributed by atoms with van der Waals surface area (Å²) < 4.78 is 30.7. The molecule has 1 aromatic heterocycles. The summed E-state index contributed by atoms with van der Waals surface area (Å²) in [4.78, 5) is 29.7. The maximum Gasteiger partial charge on any atom is 0.315 e. The molecule has 0 aromatic carbocycles. The third-order valence-electron chi connectivity index (χ3n) is 5.04. The molecule has 1 aromatic rings. The molecule has 1 saturated carbocycles. The number of hydrogen-bond acceptors (Lipinski definition) is 7. The van der Waals surface area contributed by atoms with Crippen molar-refractivity contribution in [2.75, 3.05) is 25.0 Å². The number of ether oxygens (including phenoxy) is 1. The molecule has 1 saturated heterocycles. The second kappa shape index (κ2) is 6.58. The zero-order valence-corrected chi connectivity index (χ0v) is 16.1. The van der Waals surface area contributed by atoms with Crippen LogP contribution < -0.4 is 5.32 Å². The maximum absolute atomic E-state index is 12.3. The molecule has 2 heterocycles. The Hall–Kier alpha value is -1.52. The number of carbonyl (C=O) groups excluding carboxylic acids is 2. The highest BCUT2D eigenvalue weighted by atomic mass is 32.2. The van der Waals surface area contributed by atoms with E-state index in [0.29, 0.717) is 23.9 Å². The van der Waals surface area contributed by atoms with Crippen LogP contribution in [0.4, 0.5) is 5.13 Å². The van der Waals surface area contributed by atoms with Crippen LogP contribution in [0.5, 0.6) is 0 Å². The van der Waals surface area contributed by atoms with E-state index >= 15 is 0 Å². The number of amides is 1. The molecule has 4 rings (SSSR count). The Morgan fingerprint density at radius 2 is 2.04 bits per heavy atom. The van der Waals surface area contributed by atoms with E-state index in [1.165, 1.54) is 15.6 Å². The second-order valence-electron chi connectivity index (χ2n) is 6.92. The average molecular weight is 399 g/mol. The van der Waals surface area contributed by atoms with Gasteiger partial charge in [0.25, 0.3) is 0 Å². The first kappa shape index (κ1) is 17.9. The molecule has 26 heavy (non-hydrogen) atoms. The van der Waals surface area contributed by atoms with Crippen LogP contribution in [0.25, 0.3) is 0 Å². The summed E-state index contributed by atoms with van der Waals surface area (Å²) in [6, 6.07) is 0. The lowest BCUT2D eigenvalue weighted by atomic mass is 10.0. The minimum absolute atomic E-state index is 0.215. The predicted molar refractivity (Wildman–Crippen MR) is 95.4 cm³/mol. The third-order valence-corrected chi connectivity index (χ3v) is 8.42. The van der Waals surface area contributed by atoms with Gasteiger partial charge in [0.15, 0.2) is 5.13 Å². The molecular weight excluding hydrogens is 378 g/mol. The topological polar surface area (TPSA) is 106 Å². The highest BCUT2D eigenvalue weighted by Gasteiger charge is 2.47.